The Hall–Kier alpha value is -9.91. The second kappa shape index (κ2) is 32.0. The molecule has 0 aliphatic carbocycles. The number of hydrogen-bond donors (Lipinski definition) is 13. The molecule has 0 saturated carbocycles. The summed E-state index contributed by atoms with van der Waals surface area (Å²) in [5.74, 6) is -22.0. The molecule has 9 atom stereocenters. The van der Waals surface area contributed by atoms with Gasteiger partial charge in [0.2, 0.25) is 53.0 Å². The largest absolute Gasteiger partial charge is 0.508 e. The number of halogens is 4. The van der Waals surface area contributed by atoms with E-state index in [2.05, 4.69) is 46.9 Å². The van der Waals surface area contributed by atoms with E-state index < -0.39 is 166 Å². The second-order valence-electron chi connectivity index (χ2n) is 21.2. The highest BCUT2D eigenvalue weighted by atomic mass is 18.2. The summed E-state index contributed by atoms with van der Waals surface area (Å²) in [6.07, 6.45) is 1.09. The van der Waals surface area contributed by atoms with Gasteiger partial charge in [-0.05, 0) is 60.8 Å². The number of imidazole rings is 1. The van der Waals surface area contributed by atoms with Gasteiger partial charge in [-0.15, -0.1) is 0 Å². The van der Waals surface area contributed by atoms with Crippen LogP contribution in [0.1, 0.15) is 83.0 Å². The first-order valence-corrected chi connectivity index (χ1v) is 27.8. The van der Waals surface area contributed by atoms with Gasteiger partial charge < -0.3 is 73.9 Å². The minimum Gasteiger partial charge on any atom is -0.508 e. The summed E-state index contributed by atoms with van der Waals surface area (Å²) in [6, 6.07) is 1.43. The maximum atomic E-state index is 15.1. The number of H-pyrrole nitrogens is 1. The van der Waals surface area contributed by atoms with Gasteiger partial charge in [-0.2, -0.15) is 8.78 Å². The number of carbonyl (C=O) groups excluding carboxylic acids is 7. The predicted molar refractivity (Wildman–Crippen MR) is 305 cm³/mol. The number of carbonyl (C=O) groups is 9. The maximum Gasteiger partial charge on any atom is 0.346 e. The van der Waals surface area contributed by atoms with Crippen LogP contribution in [0.3, 0.4) is 0 Å². The number of rotatable bonds is 32. The summed E-state index contributed by atoms with van der Waals surface area (Å²) < 4.78 is 59.4. The number of nitrogens with zero attached hydrogens (tertiary/aromatic N) is 4. The Bertz CT molecular complexity index is 3170. The van der Waals surface area contributed by atoms with E-state index in [1.54, 1.807) is 49.5 Å². The fourth-order valence-corrected chi connectivity index (χ4v) is 9.49. The van der Waals surface area contributed by atoms with Crippen LogP contribution in [0.25, 0.3) is 0 Å². The monoisotopic (exact) mass is 1230 g/mol. The molecular weight excluding hydrogens is 1160 g/mol. The van der Waals surface area contributed by atoms with E-state index in [4.69, 9.17) is 11.5 Å². The van der Waals surface area contributed by atoms with Crippen molar-refractivity contribution < 1.29 is 81.0 Å². The number of nitro groups is 1. The van der Waals surface area contributed by atoms with Crippen molar-refractivity contribution in [2.45, 2.75) is 134 Å². The first-order chi connectivity index (χ1) is 41.6. The predicted octanol–water partition coefficient (Wildman–Crippen LogP) is 1.30. The number of carboxylic acids is 2. The third-order valence-corrected chi connectivity index (χ3v) is 14.4. The number of aromatic hydroxyl groups is 1. The molecule has 15 N–H and O–H groups in total. The number of carboxylic acid groups (broad SMARTS) is 2. The van der Waals surface area contributed by atoms with Crippen molar-refractivity contribution in [3.8, 4) is 5.75 Å². The van der Waals surface area contributed by atoms with Crippen LogP contribution in [-0.4, -0.2) is 156 Å². The van der Waals surface area contributed by atoms with Gasteiger partial charge in [-0.25, -0.2) is 18.6 Å². The van der Waals surface area contributed by atoms with Crippen LogP contribution >= 0.6 is 0 Å². The van der Waals surface area contributed by atoms with Gasteiger partial charge in [-0.3, -0.25) is 53.5 Å². The van der Waals surface area contributed by atoms with E-state index in [1.165, 1.54) is 55.5 Å². The highest BCUT2D eigenvalue weighted by molar-refractivity contribution is 5.98. The standard InChI is InChI=1S/C56H70F4N14O14/c1-5-28(4)45(53(83)69-36(23-31-25-63-26-65-31)54(84)73-20-10-14-38(73)51(81)70-37(55(85)86)22-29-11-7-6-8-12-29)72-50(80)34(21-30-15-17-32(75)18-16-30)68-52(82)44(27(2)3)71-48(78)33(13-9-19-64-56(61)62)67-49(79)35(24-39(76)77)66-46-40(57)42(59)47(74(87)88)43(60)41(46)58/h6-8,11-12,15-18,25-28,33-38,44-45,66,75H,5,9-10,13-14,19-24H2,1-4H3,(H,63,65)(H,67,79)(H,68,82)(H,69,83)(H,70,81)(H,71,78)(H,72,80)(H,76,77)(H,85,86)(H4,61,62,64)/t28-,33-,34-,35-,36-,37-,38-,44-,45-/m0/s1/i57-1,58-1,59-1,60-1. The van der Waals surface area contributed by atoms with Crippen LogP contribution in [0.4, 0.5) is 28.9 Å². The second-order valence-corrected chi connectivity index (χ2v) is 21.2. The Morgan fingerprint density at radius 3 is 1.88 bits per heavy atom. The number of benzene rings is 3. The summed E-state index contributed by atoms with van der Waals surface area (Å²) in [7, 11) is 0. The number of likely N-dealkylation sites (tertiary alicyclic amines) is 1. The Labute approximate surface area is 500 Å². The van der Waals surface area contributed by atoms with Crippen molar-refractivity contribution in [3.05, 3.63) is 117 Å². The van der Waals surface area contributed by atoms with Crippen molar-refractivity contribution >= 4 is 70.6 Å². The Morgan fingerprint density at radius 1 is 0.739 bits per heavy atom. The summed E-state index contributed by atoms with van der Waals surface area (Å²) in [5.41, 5.74) is 8.23. The number of anilines is 1. The van der Waals surface area contributed by atoms with Gasteiger partial charge in [0.1, 0.15) is 59.8 Å². The molecule has 1 fully saturated rings. The average Bonchev–Trinajstić information content (AvgIpc) is 3.80. The number of nitrogens with one attached hydrogen (secondary N) is 8. The molecule has 2 heterocycles. The zero-order chi connectivity index (χ0) is 65.1. The molecule has 7 amide bonds. The van der Waals surface area contributed by atoms with Gasteiger partial charge in [0, 0.05) is 44.2 Å². The number of hydrogen-bond acceptors (Lipinski definition) is 15. The van der Waals surface area contributed by atoms with Gasteiger partial charge in [0.05, 0.1) is 17.7 Å². The lowest BCUT2D eigenvalue weighted by Gasteiger charge is -2.32. The van der Waals surface area contributed by atoms with Crippen LogP contribution in [0.5, 0.6) is 5.75 Å². The summed E-state index contributed by atoms with van der Waals surface area (Å²) >= 11 is 0. The normalized spacial score (nSPS) is 15.6. The third kappa shape index (κ3) is 19.0. The SMILES string of the molecule is CC[C@H](C)[C@H](NC(=O)[C@H](Cc1ccc(O)cc1)NC(=O)[C@@H](NC(=O)[C@H](CCCN=C(N)N)NC(=O)[C@H](CC(=O)O)Nc1c([18F])c([18F])c([N+](=O)[O-])c([18F])c1[18F])C(C)C)C(=O)N[C@@H](Cc1cnc[nH]1)C(=O)N1CCC[C@H]1C(=O)N[C@@H](Cc1ccccc1)C(=O)O. The Kier molecular flexibility index (Phi) is 25.0. The average molecular weight is 1240 g/mol. The highest BCUT2D eigenvalue weighted by Gasteiger charge is 2.42. The fourth-order valence-electron chi connectivity index (χ4n) is 9.49. The summed E-state index contributed by atoms with van der Waals surface area (Å²) in [5, 5.41) is 57.8. The van der Waals surface area contributed by atoms with E-state index in [1.807, 2.05) is 0 Å². The lowest BCUT2D eigenvalue weighted by atomic mass is 9.96. The molecule has 1 aliphatic heterocycles. The first kappa shape index (κ1) is 68.9. The smallest absolute Gasteiger partial charge is 0.346 e. The number of aliphatic carboxylic acids is 2. The topological polar surface area (TPSA) is 438 Å². The molecule has 5 rings (SSSR count). The van der Waals surface area contributed by atoms with E-state index in [9.17, 15) is 77.4 Å². The highest BCUT2D eigenvalue weighted by Crippen LogP contribution is 2.33. The molecular formula is C56H70F4N14O14. The molecule has 32 heteroatoms. The van der Waals surface area contributed by atoms with Crippen molar-refractivity contribution in [1.29, 1.82) is 0 Å². The third-order valence-electron chi connectivity index (χ3n) is 14.4. The maximum absolute atomic E-state index is 15.1. The Balaban J connectivity index is 1.41. The molecule has 1 aliphatic rings. The lowest BCUT2D eigenvalue weighted by molar-refractivity contribution is -0.390. The van der Waals surface area contributed by atoms with E-state index >= 15 is 8.78 Å². The molecule has 476 valence electrons. The van der Waals surface area contributed by atoms with Crippen molar-refractivity contribution in [2.75, 3.05) is 18.4 Å². The Morgan fingerprint density at radius 2 is 1.31 bits per heavy atom. The van der Waals surface area contributed by atoms with Gasteiger partial charge in [0.25, 0.3) is 0 Å². The number of aromatic amines is 1. The number of phenols is 1. The van der Waals surface area contributed by atoms with E-state index in [0.717, 1.165) is 0 Å². The minimum absolute atomic E-state index is 0.0482. The van der Waals surface area contributed by atoms with Crippen molar-refractivity contribution in [1.82, 2.24) is 46.8 Å². The molecule has 88 heavy (non-hydrogen) atoms. The molecule has 28 nitrogen and oxygen atoms in total. The summed E-state index contributed by atoms with van der Waals surface area (Å²) in [6.45, 7) is 6.18. The van der Waals surface area contributed by atoms with Gasteiger partial charge >= 0.3 is 17.6 Å². The van der Waals surface area contributed by atoms with Crippen LogP contribution in [0.15, 0.2) is 72.1 Å². The molecule has 0 bridgehead atoms. The van der Waals surface area contributed by atoms with Crippen molar-refractivity contribution in [3.63, 3.8) is 0 Å². The molecule has 0 unspecified atom stereocenters. The molecule has 3 aromatic carbocycles. The molecule has 4 aromatic rings. The zero-order valence-corrected chi connectivity index (χ0v) is 48.2. The summed E-state index contributed by atoms with van der Waals surface area (Å²) in [4.78, 5) is 146. The fraction of sp³-hybridized carbons (Fsp3) is 0.446. The van der Waals surface area contributed by atoms with Crippen LogP contribution < -0.4 is 48.7 Å². The molecule has 0 spiro atoms. The first-order valence-electron chi connectivity index (χ1n) is 27.8. The number of aliphatic imine (C=N–C) groups is 1. The van der Waals surface area contributed by atoms with E-state index in [-0.39, 0.29) is 63.3 Å². The van der Waals surface area contributed by atoms with Gasteiger partial charge in [-0.1, -0.05) is 76.6 Å². The van der Waals surface area contributed by atoms with Crippen LogP contribution in [0, 0.1) is 45.2 Å². The number of nitrogens with two attached hydrogens (primary N) is 2. The van der Waals surface area contributed by atoms with Crippen molar-refractivity contribution in [2.24, 2.45) is 28.3 Å². The quantitative estimate of drug-likeness (QED) is 0.00623. The minimum atomic E-state index is -2.49. The molecule has 1 saturated heterocycles. The van der Waals surface area contributed by atoms with Crippen LogP contribution in [0.2, 0.25) is 0 Å². The number of phenolic OH excluding ortho intramolecular Hbond substituents is 1. The number of guanidine groups is 1. The number of nitro benzene ring substituents is 1. The zero-order valence-electron chi connectivity index (χ0n) is 48.2. The molecule has 1 aromatic heterocycles. The lowest BCUT2D eigenvalue weighted by Crippen LogP contribution is -2.62. The molecule has 0 radical (unpaired) electrons. The van der Waals surface area contributed by atoms with Crippen LogP contribution in [-0.2, 0) is 62.4 Å². The number of amides is 7. The number of aromatic nitrogens is 2. The van der Waals surface area contributed by atoms with Gasteiger partial charge in [0.15, 0.2) is 17.6 Å². The van der Waals surface area contributed by atoms with E-state index in [0.29, 0.717) is 23.2 Å².